The minimum Gasteiger partial charge on any atom is -0.379 e. The quantitative estimate of drug-likeness (QED) is 0.0787. The Labute approximate surface area is 293 Å². The van der Waals surface area contributed by atoms with Crippen molar-refractivity contribution in [2.75, 3.05) is 159 Å². The monoisotopic (exact) mass is 699 g/mol. The van der Waals surface area contributed by atoms with E-state index >= 15 is 0 Å². The molecule has 0 amide bonds. The lowest BCUT2D eigenvalue weighted by Gasteiger charge is -2.09. The highest BCUT2D eigenvalue weighted by molar-refractivity contribution is 4.46. The topological polar surface area (TPSA) is 111 Å². The van der Waals surface area contributed by atoms with E-state index in [1.165, 1.54) is 44.9 Å². The number of hydrogen-bond donors (Lipinski definition) is 0. The van der Waals surface area contributed by atoms with E-state index in [4.69, 9.17) is 56.8 Å². The van der Waals surface area contributed by atoms with Gasteiger partial charge in [0, 0.05) is 13.2 Å². The van der Waals surface area contributed by atoms with E-state index in [1.54, 1.807) is 0 Å². The van der Waals surface area contributed by atoms with E-state index in [2.05, 4.69) is 13.8 Å². The van der Waals surface area contributed by atoms with Gasteiger partial charge in [0.1, 0.15) is 0 Å². The van der Waals surface area contributed by atoms with Crippen molar-refractivity contribution in [2.24, 2.45) is 0 Å². The van der Waals surface area contributed by atoms with Gasteiger partial charge in [-0.25, -0.2) is 0 Å². The summed E-state index contributed by atoms with van der Waals surface area (Å²) in [5.41, 5.74) is 0. The highest BCUT2D eigenvalue weighted by atomic mass is 16.6. The second-order valence-corrected chi connectivity index (χ2v) is 11.2. The summed E-state index contributed by atoms with van der Waals surface area (Å²) in [6.07, 6.45) is 12.8. The standard InChI is InChI=1S/C36H74O12/c1-3-5-7-8-9-10-11-12-14-38-16-18-40-20-22-42-24-26-44-28-30-46-32-34-48-36-35-47-33-31-45-29-27-43-25-23-41-21-19-39-17-15-37-13-6-4-2/h3-36H2,1-2H3. The smallest absolute Gasteiger partial charge is 0.0701 e. The normalized spacial score (nSPS) is 11.6. The highest BCUT2D eigenvalue weighted by Crippen LogP contribution is 2.08. The lowest BCUT2D eigenvalue weighted by molar-refractivity contribution is -0.0283. The Hall–Kier alpha value is -0.480. The molecule has 0 saturated heterocycles. The lowest BCUT2D eigenvalue weighted by Crippen LogP contribution is -2.15. The van der Waals surface area contributed by atoms with Gasteiger partial charge in [-0.15, -0.1) is 0 Å². The van der Waals surface area contributed by atoms with Gasteiger partial charge in [0.2, 0.25) is 0 Å². The van der Waals surface area contributed by atoms with Gasteiger partial charge in [0.05, 0.1) is 145 Å². The fourth-order valence-electron chi connectivity index (χ4n) is 4.11. The first kappa shape index (κ1) is 47.5. The van der Waals surface area contributed by atoms with Gasteiger partial charge in [0.25, 0.3) is 0 Å². The Morgan fingerprint density at radius 3 is 0.562 bits per heavy atom. The Bertz CT molecular complexity index is 501. The Balaban J connectivity index is 3.04. The van der Waals surface area contributed by atoms with Crippen molar-refractivity contribution in [3.8, 4) is 0 Å². The third kappa shape index (κ3) is 45.5. The van der Waals surface area contributed by atoms with Gasteiger partial charge in [0.15, 0.2) is 0 Å². The van der Waals surface area contributed by atoms with Crippen LogP contribution in [0.3, 0.4) is 0 Å². The summed E-state index contributed by atoms with van der Waals surface area (Å²) in [7, 11) is 0. The predicted octanol–water partition coefficient (Wildman–Crippen LogP) is 5.13. The molecule has 0 unspecified atom stereocenters. The van der Waals surface area contributed by atoms with Crippen LogP contribution >= 0.6 is 0 Å². The molecule has 0 aromatic rings. The maximum absolute atomic E-state index is 5.62. The fourth-order valence-corrected chi connectivity index (χ4v) is 4.11. The maximum Gasteiger partial charge on any atom is 0.0701 e. The maximum atomic E-state index is 5.62. The number of rotatable bonds is 45. The molecule has 0 spiro atoms. The molecule has 48 heavy (non-hydrogen) atoms. The molecular formula is C36H74O12. The van der Waals surface area contributed by atoms with Gasteiger partial charge in [-0.05, 0) is 12.8 Å². The first-order valence-electron chi connectivity index (χ1n) is 18.8. The summed E-state index contributed by atoms with van der Waals surface area (Å²) in [6.45, 7) is 18.2. The van der Waals surface area contributed by atoms with Gasteiger partial charge in [-0.1, -0.05) is 65.2 Å². The van der Waals surface area contributed by atoms with E-state index in [9.17, 15) is 0 Å². The molecule has 0 radical (unpaired) electrons. The third-order valence-electron chi connectivity index (χ3n) is 6.88. The molecule has 0 heterocycles. The summed E-state index contributed by atoms with van der Waals surface area (Å²) in [5.74, 6) is 0. The van der Waals surface area contributed by atoms with Gasteiger partial charge in [-0.2, -0.15) is 0 Å². The molecule has 12 heteroatoms. The van der Waals surface area contributed by atoms with Crippen LogP contribution in [0.15, 0.2) is 0 Å². The summed E-state index contributed by atoms with van der Waals surface area (Å²) in [4.78, 5) is 0. The predicted molar refractivity (Wildman–Crippen MR) is 187 cm³/mol. The van der Waals surface area contributed by atoms with E-state index in [0.717, 1.165) is 32.5 Å². The second-order valence-electron chi connectivity index (χ2n) is 11.2. The number of hydrogen-bond acceptors (Lipinski definition) is 12. The molecule has 0 aliphatic rings. The number of unbranched alkanes of at least 4 members (excludes halogenated alkanes) is 8. The molecule has 0 aliphatic heterocycles. The first-order chi connectivity index (χ1) is 23.9. The zero-order valence-electron chi connectivity index (χ0n) is 30.9. The molecule has 12 nitrogen and oxygen atoms in total. The average molecular weight is 699 g/mol. The van der Waals surface area contributed by atoms with E-state index in [-0.39, 0.29) is 0 Å². The Kier molecular flexibility index (Phi) is 46.1. The molecule has 0 N–H and O–H groups in total. The summed E-state index contributed by atoms with van der Waals surface area (Å²) >= 11 is 0. The lowest BCUT2D eigenvalue weighted by atomic mass is 10.1. The third-order valence-corrected chi connectivity index (χ3v) is 6.88. The van der Waals surface area contributed by atoms with E-state index in [0.29, 0.717) is 145 Å². The Morgan fingerprint density at radius 1 is 0.167 bits per heavy atom. The van der Waals surface area contributed by atoms with Crippen LogP contribution < -0.4 is 0 Å². The minimum atomic E-state index is 0.522. The van der Waals surface area contributed by atoms with Gasteiger partial charge in [-0.3, -0.25) is 0 Å². The fraction of sp³-hybridized carbons (Fsp3) is 1.00. The van der Waals surface area contributed by atoms with Crippen molar-refractivity contribution in [2.45, 2.75) is 78.1 Å². The van der Waals surface area contributed by atoms with Crippen molar-refractivity contribution in [3.63, 3.8) is 0 Å². The van der Waals surface area contributed by atoms with Crippen LogP contribution in [0.4, 0.5) is 0 Å². The molecule has 0 aliphatic carbocycles. The molecular weight excluding hydrogens is 624 g/mol. The molecule has 0 atom stereocenters. The van der Waals surface area contributed by atoms with E-state index in [1.807, 2.05) is 0 Å². The molecule has 0 aromatic carbocycles. The van der Waals surface area contributed by atoms with Gasteiger partial charge < -0.3 is 56.8 Å². The molecule has 0 bridgehead atoms. The van der Waals surface area contributed by atoms with Crippen LogP contribution in [0.2, 0.25) is 0 Å². The summed E-state index contributed by atoms with van der Waals surface area (Å²) < 4.78 is 66.0. The van der Waals surface area contributed by atoms with Gasteiger partial charge >= 0.3 is 0 Å². The van der Waals surface area contributed by atoms with Crippen molar-refractivity contribution in [3.05, 3.63) is 0 Å². The molecule has 0 saturated carbocycles. The molecule has 290 valence electrons. The first-order valence-corrected chi connectivity index (χ1v) is 18.8. The van der Waals surface area contributed by atoms with E-state index < -0.39 is 0 Å². The van der Waals surface area contributed by atoms with Crippen molar-refractivity contribution >= 4 is 0 Å². The van der Waals surface area contributed by atoms with Crippen molar-refractivity contribution < 1.29 is 56.8 Å². The SMILES string of the molecule is CCCCCCCCCCOCCOCCOCCOCCOCCOCCOCCOCCOCCOCCOCCOCCCC. The highest BCUT2D eigenvalue weighted by Gasteiger charge is 1.97. The van der Waals surface area contributed by atoms with Crippen LogP contribution in [-0.4, -0.2) is 159 Å². The van der Waals surface area contributed by atoms with Crippen LogP contribution in [0, 0.1) is 0 Å². The zero-order chi connectivity index (χ0) is 34.5. The Morgan fingerprint density at radius 2 is 0.333 bits per heavy atom. The van der Waals surface area contributed by atoms with Crippen LogP contribution in [0.1, 0.15) is 78.1 Å². The molecule has 0 rings (SSSR count). The van der Waals surface area contributed by atoms with Crippen molar-refractivity contribution in [1.29, 1.82) is 0 Å². The zero-order valence-corrected chi connectivity index (χ0v) is 30.9. The van der Waals surface area contributed by atoms with Crippen LogP contribution in [-0.2, 0) is 56.8 Å². The second kappa shape index (κ2) is 46.5. The summed E-state index contributed by atoms with van der Waals surface area (Å²) in [5, 5.41) is 0. The number of ether oxygens (including phenoxy) is 12. The van der Waals surface area contributed by atoms with Crippen molar-refractivity contribution in [1.82, 2.24) is 0 Å². The van der Waals surface area contributed by atoms with Crippen LogP contribution in [0.25, 0.3) is 0 Å². The average Bonchev–Trinajstić information content (AvgIpc) is 3.10. The largest absolute Gasteiger partial charge is 0.379 e. The molecule has 0 aromatic heterocycles. The molecule has 0 fully saturated rings. The minimum absolute atomic E-state index is 0.522. The summed E-state index contributed by atoms with van der Waals surface area (Å²) in [6, 6.07) is 0. The van der Waals surface area contributed by atoms with Crippen LogP contribution in [0.5, 0.6) is 0 Å².